The second-order valence-electron chi connectivity index (χ2n) is 5.02. The highest BCUT2D eigenvalue weighted by atomic mass is 35.5. The molecule has 0 heterocycles. The smallest absolute Gasteiger partial charge is 0.338 e. The molecule has 0 spiro atoms. The van der Waals surface area contributed by atoms with Gasteiger partial charge in [-0.05, 0) is 36.6 Å². The summed E-state index contributed by atoms with van der Waals surface area (Å²) in [5, 5.41) is 7.59. The summed E-state index contributed by atoms with van der Waals surface area (Å²) in [6.45, 7) is 7.56. The lowest BCUT2D eigenvalue weighted by Crippen LogP contribution is -2.05. The predicted octanol–water partition coefficient (Wildman–Crippen LogP) is 5.68. The molecule has 0 bridgehead atoms. The van der Waals surface area contributed by atoms with Crippen LogP contribution in [0.15, 0.2) is 86.0 Å². The van der Waals surface area contributed by atoms with Crippen LogP contribution in [0.5, 0.6) is 0 Å². The van der Waals surface area contributed by atoms with Crippen LogP contribution in [-0.4, -0.2) is 29.5 Å². The zero-order valence-corrected chi connectivity index (χ0v) is 16.0. The van der Waals surface area contributed by atoms with Crippen LogP contribution in [0, 0.1) is 0 Å². The molecule has 0 unspecified atom stereocenters. The fourth-order valence-electron chi connectivity index (χ4n) is 1.55. The minimum Gasteiger partial charge on any atom is -0.462 e. The zero-order chi connectivity index (χ0) is 20.3. The van der Waals surface area contributed by atoms with E-state index in [9.17, 15) is 9.59 Å². The lowest BCUT2D eigenvalue weighted by Gasteiger charge is -2.01. The predicted molar refractivity (Wildman–Crippen MR) is 117 cm³/mol. The molecule has 28 heavy (non-hydrogen) atoms. The van der Waals surface area contributed by atoms with E-state index in [1.165, 1.54) is 0 Å². The van der Waals surface area contributed by atoms with E-state index in [2.05, 4.69) is 13.2 Å². The molecular formula is C23H29ClO4. The van der Waals surface area contributed by atoms with Crippen molar-refractivity contribution in [2.75, 3.05) is 13.2 Å². The molecule has 5 heteroatoms. The lowest BCUT2D eigenvalue weighted by atomic mass is 10.2. The number of hydrogen-bond donors (Lipinski definition) is 1. The van der Waals surface area contributed by atoms with Crippen molar-refractivity contribution in [3.05, 3.63) is 97.1 Å². The largest absolute Gasteiger partial charge is 0.462 e. The van der Waals surface area contributed by atoms with Gasteiger partial charge in [-0.1, -0.05) is 68.1 Å². The van der Waals surface area contributed by atoms with Gasteiger partial charge in [0.05, 0.1) is 12.2 Å². The van der Waals surface area contributed by atoms with Gasteiger partial charge in [0.2, 0.25) is 0 Å². The number of aliphatic hydroxyl groups excluding tert-OH is 1. The fraction of sp³-hybridized carbons (Fsp3) is 0.217. The van der Waals surface area contributed by atoms with Gasteiger partial charge in [-0.2, -0.15) is 0 Å². The third kappa shape index (κ3) is 14.5. The van der Waals surface area contributed by atoms with Crippen LogP contribution < -0.4 is 0 Å². The maximum Gasteiger partial charge on any atom is 0.338 e. The SMILES string of the molecule is C.C=CCCO.C=CCCOC(=O)c1ccccc1.O=C(Cl)c1ccccc1. The van der Waals surface area contributed by atoms with Crippen molar-refractivity contribution < 1.29 is 19.4 Å². The standard InChI is InChI=1S/C11H12O2.C7H5ClO.C4H8O.CH4/c1-2-3-9-13-11(12)10-7-5-4-6-8-10;8-7(9)6-4-2-1-3-5-6;1-2-3-4-5;/h2,4-8H,1,3,9H2;1-5H;2,5H,1,3-4H2;1H4. The van der Waals surface area contributed by atoms with Crippen molar-refractivity contribution >= 4 is 22.8 Å². The van der Waals surface area contributed by atoms with E-state index in [-0.39, 0.29) is 20.0 Å². The van der Waals surface area contributed by atoms with Gasteiger partial charge in [-0.3, -0.25) is 4.79 Å². The summed E-state index contributed by atoms with van der Waals surface area (Å²) in [4.78, 5) is 21.7. The van der Waals surface area contributed by atoms with Crippen LogP contribution in [0.25, 0.3) is 0 Å². The van der Waals surface area contributed by atoms with Crippen LogP contribution in [0.1, 0.15) is 41.0 Å². The quantitative estimate of drug-likeness (QED) is 0.279. The van der Waals surface area contributed by atoms with Gasteiger partial charge < -0.3 is 9.84 Å². The van der Waals surface area contributed by atoms with Gasteiger partial charge in [-0.25, -0.2) is 4.79 Å². The van der Waals surface area contributed by atoms with E-state index < -0.39 is 5.24 Å². The Labute approximate surface area is 173 Å². The second kappa shape index (κ2) is 19.1. The molecule has 2 aromatic rings. The monoisotopic (exact) mass is 404 g/mol. The summed E-state index contributed by atoms with van der Waals surface area (Å²) in [6.07, 6.45) is 4.80. The molecule has 1 N–H and O–H groups in total. The average molecular weight is 405 g/mol. The van der Waals surface area contributed by atoms with Crippen molar-refractivity contribution in [1.82, 2.24) is 0 Å². The van der Waals surface area contributed by atoms with Gasteiger partial charge in [0.1, 0.15) is 0 Å². The Morgan fingerprint density at radius 3 is 1.68 bits per heavy atom. The Balaban J connectivity index is 0. The van der Waals surface area contributed by atoms with Crippen LogP contribution in [0.4, 0.5) is 0 Å². The Bertz CT molecular complexity index is 670. The van der Waals surface area contributed by atoms with Gasteiger partial charge in [0.15, 0.2) is 0 Å². The summed E-state index contributed by atoms with van der Waals surface area (Å²) in [5.41, 5.74) is 1.13. The van der Waals surface area contributed by atoms with Gasteiger partial charge >= 0.3 is 5.97 Å². The molecule has 0 saturated heterocycles. The maximum absolute atomic E-state index is 11.3. The molecule has 0 aliphatic heterocycles. The number of carbonyl (C=O) groups excluding carboxylic acids is 2. The number of hydrogen-bond acceptors (Lipinski definition) is 4. The Kier molecular flexibility index (Phi) is 18.8. The van der Waals surface area contributed by atoms with Crippen molar-refractivity contribution in [2.24, 2.45) is 0 Å². The first-order chi connectivity index (χ1) is 13.1. The topological polar surface area (TPSA) is 63.6 Å². The Morgan fingerprint density at radius 2 is 1.36 bits per heavy atom. The van der Waals surface area contributed by atoms with Crippen LogP contribution >= 0.6 is 11.6 Å². The van der Waals surface area contributed by atoms with Crippen LogP contribution in [0.2, 0.25) is 0 Å². The number of rotatable bonds is 7. The van der Waals surface area contributed by atoms with Crippen LogP contribution in [0.3, 0.4) is 0 Å². The molecule has 0 aliphatic rings. The molecule has 2 aromatic carbocycles. The molecular weight excluding hydrogens is 376 g/mol. The van der Waals surface area contributed by atoms with E-state index in [1.807, 2.05) is 24.3 Å². The van der Waals surface area contributed by atoms with Gasteiger partial charge in [-0.15, -0.1) is 13.2 Å². The average Bonchev–Trinajstić information content (AvgIpc) is 2.71. The van der Waals surface area contributed by atoms with E-state index in [0.717, 1.165) is 0 Å². The Hall–Kier alpha value is -2.69. The van der Waals surface area contributed by atoms with Crippen molar-refractivity contribution in [3.63, 3.8) is 0 Å². The molecule has 152 valence electrons. The minimum atomic E-state index is -0.407. The number of halogens is 1. The minimum absolute atomic E-state index is 0. The summed E-state index contributed by atoms with van der Waals surface area (Å²) < 4.78 is 4.96. The summed E-state index contributed by atoms with van der Waals surface area (Å²) in [7, 11) is 0. The van der Waals surface area contributed by atoms with Gasteiger partial charge in [0.25, 0.3) is 5.24 Å². The normalized spacial score (nSPS) is 8.50. The molecule has 2 rings (SSSR count). The molecule has 0 atom stereocenters. The zero-order valence-electron chi connectivity index (χ0n) is 15.2. The van der Waals surface area contributed by atoms with E-state index in [0.29, 0.717) is 30.6 Å². The van der Waals surface area contributed by atoms with Crippen molar-refractivity contribution in [1.29, 1.82) is 0 Å². The molecule has 0 aromatic heterocycles. The molecule has 0 amide bonds. The number of benzene rings is 2. The second-order valence-corrected chi connectivity index (χ2v) is 5.36. The Morgan fingerprint density at radius 1 is 0.893 bits per heavy atom. The summed E-state index contributed by atoms with van der Waals surface area (Å²) in [5.74, 6) is -0.276. The van der Waals surface area contributed by atoms with Gasteiger partial charge in [0, 0.05) is 12.2 Å². The summed E-state index contributed by atoms with van der Waals surface area (Å²) >= 11 is 5.16. The van der Waals surface area contributed by atoms with Crippen molar-refractivity contribution in [2.45, 2.75) is 20.3 Å². The fourth-order valence-corrected chi connectivity index (χ4v) is 1.68. The molecule has 4 nitrogen and oxygen atoms in total. The first-order valence-electron chi connectivity index (χ1n) is 8.36. The number of esters is 1. The highest BCUT2D eigenvalue weighted by molar-refractivity contribution is 6.67. The van der Waals surface area contributed by atoms with Crippen LogP contribution in [-0.2, 0) is 4.74 Å². The third-order valence-electron chi connectivity index (χ3n) is 2.90. The summed E-state index contributed by atoms with van der Waals surface area (Å²) in [6, 6.07) is 17.7. The first kappa shape index (κ1) is 27.5. The maximum atomic E-state index is 11.3. The molecule has 0 aliphatic carbocycles. The van der Waals surface area contributed by atoms with Crippen molar-refractivity contribution in [3.8, 4) is 0 Å². The highest BCUT2D eigenvalue weighted by Crippen LogP contribution is 2.02. The number of ether oxygens (including phenoxy) is 1. The third-order valence-corrected chi connectivity index (χ3v) is 3.12. The van der Waals surface area contributed by atoms with E-state index in [1.54, 1.807) is 48.6 Å². The molecule has 0 saturated carbocycles. The van der Waals surface area contributed by atoms with E-state index in [4.69, 9.17) is 21.4 Å². The number of carbonyl (C=O) groups is 2. The first-order valence-corrected chi connectivity index (χ1v) is 8.74. The highest BCUT2D eigenvalue weighted by Gasteiger charge is 2.03. The van der Waals surface area contributed by atoms with E-state index >= 15 is 0 Å². The lowest BCUT2D eigenvalue weighted by molar-refractivity contribution is 0.0511. The molecule has 0 fully saturated rings. The number of aliphatic hydroxyl groups is 1. The molecule has 0 radical (unpaired) electrons.